The smallest absolute Gasteiger partial charge is 0.420 e. The molecule has 1 aromatic heterocycles. The molecule has 7 nitrogen and oxygen atoms in total. The van der Waals surface area contributed by atoms with Crippen LogP contribution in [0.15, 0.2) is 36.7 Å². The van der Waals surface area contributed by atoms with E-state index in [1.54, 1.807) is 32.9 Å². The number of carbonyl (C=O) groups excluding carboxylic acids is 1. The number of nitrogens with zero attached hydrogens (tertiary/aromatic N) is 3. The fourth-order valence-electron chi connectivity index (χ4n) is 2.79. The number of nitrogens with two attached hydrogens (primary N) is 1. The van der Waals surface area contributed by atoms with Crippen LogP contribution in [0.1, 0.15) is 27.7 Å². The molecular weight excluding hydrogens is 411 g/mol. The second-order valence-corrected chi connectivity index (χ2v) is 7.86. The van der Waals surface area contributed by atoms with E-state index in [2.05, 4.69) is 9.97 Å². The summed E-state index contributed by atoms with van der Waals surface area (Å²) in [5.41, 5.74) is 6.50. The molecular formula is C21H22ClFN4O3. The van der Waals surface area contributed by atoms with Crippen molar-refractivity contribution >= 4 is 45.8 Å². The Balaban J connectivity index is 2.22. The number of fused-ring (bicyclic) bond motifs is 1. The van der Waals surface area contributed by atoms with Gasteiger partial charge < -0.3 is 15.2 Å². The lowest BCUT2D eigenvalue weighted by atomic mass is 10.1. The van der Waals surface area contributed by atoms with E-state index in [1.807, 2.05) is 6.92 Å². The maximum atomic E-state index is 13.7. The van der Waals surface area contributed by atoms with Gasteiger partial charge in [0.1, 0.15) is 23.5 Å². The molecule has 1 heterocycles. The van der Waals surface area contributed by atoms with Crippen molar-refractivity contribution < 1.29 is 18.7 Å². The second kappa shape index (κ2) is 8.31. The summed E-state index contributed by atoms with van der Waals surface area (Å²) in [5.74, 6) is 0.0812. The van der Waals surface area contributed by atoms with Crippen molar-refractivity contribution in [1.29, 1.82) is 0 Å². The molecule has 0 unspecified atom stereocenters. The van der Waals surface area contributed by atoms with Gasteiger partial charge in [0, 0.05) is 11.5 Å². The summed E-state index contributed by atoms with van der Waals surface area (Å²) in [6.45, 7) is 7.50. The SMILES string of the molecule is CCOc1cc2ncnc(N(C(=O)OC(C)(C)C)c3ccc(F)c(Cl)c3)c2cc1N. The van der Waals surface area contributed by atoms with Crippen molar-refractivity contribution in [1.82, 2.24) is 9.97 Å². The number of hydrogen-bond donors (Lipinski definition) is 1. The summed E-state index contributed by atoms with van der Waals surface area (Å²) in [7, 11) is 0. The molecule has 0 aliphatic rings. The number of carbonyl (C=O) groups is 1. The molecule has 0 spiro atoms. The zero-order valence-electron chi connectivity index (χ0n) is 17.1. The van der Waals surface area contributed by atoms with Crippen molar-refractivity contribution in [3.8, 4) is 5.75 Å². The van der Waals surface area contributed by atoms with Crippen LogP contribution in [0.5, 0.6) is 5.75 Å². The molecule has 2 N–H and O–H groups in total. The number of halogens is 2. The number of anilines is 3. The highest BCUT2D eigenvalue weighted by Gasteiger charge is 2.28. The first-order valence-electron chi connectivity index (χ1n) is 9.26. The van der Waals surface area contributed by atoms with Gasteiger partial charge in [-0.3, -0.25) is 0 Å². The number of aromatic nitrogens is 2. The van der Waals surface area contributed by atoms with Gasteiger partial charge in [-0.1, -0.05) is 11.6 Å². The summed E-state index contributed by atoms with van der Waals surface area (Å²) in [4.78, 5) is 22.9. The van der Waals surface area contributed by atoms with Gasteiger partial charge in [-0.15, -0.1) is 0 Å². The zero-order chi connectivity index (χ0) is 22.1. The molecule has 0 atom stereocenters. The number of benzene rings is 2. The Morgan fingerprint density at radius 2 is 1.97 bits per heavy atom. The standard InChI is InChI=1S/C21H22ClFN4O3/c1-5-29-18-10-17-13(9-16(18)24)19(26-11-25-17)27(20(28)30-21(2,3)4)12-6-7-15(23)14(22)8-12/h6-11H,5,24H2,1-4H3. The molecule has 0 saturated carbocycles. The van der Waals surface area contributed by atoms with Gasteiger partial charge in [0.05, 0.1) is 28.5 Å². The van der Waals surface area contributed by atoms with Crippen molar-refractivity contribution in [2.75, 3.05) is 17.2 Å². The molecule has 0 radical (unpaired) electrons. The van der Waals surface area contributed by atoms with E-state index in [0.717, 1.165) is 0 Å². The molecule has 30 heavy (non-hydrogen) atoms. The molecule has 0 bridgehead atoms. The van der Waals surface area contributed by atoms with Gasteiger partial charge >= 0.3 is 6.09 Å². The van der Waals surface area contributed by atoms with E-state index in [4.69, 9.17) is 26.8 Å². The number of hydrogen-bond acceptors (Lipinski definition) is 6. The van der Waals surface area contributed by atoms with Crippen LogP contribution in [0.25, 0.3) is 10.9 Å². The normalized spacial score (nSPS) is 11.4. The van der Waals surface area contributed by atoms with Crippen LogP contribution in [0.4, 0.5) is 26.4 Å². The third kappa shape index (κ3) is 4.54. The van der Waals surface area contributed by atoms with Gasteiger partial charge in [-0.25, -0.2) is 24.1 Å². The number of rotatable bonds is 4. The van der Waals surface area contributed by atoms with Crippen LogP contribution in [0, 0.1) is 5.82 Å². The minimum Gasteiger partial charge on any atom is -0.492 e. The predicted octanol–water partition coefficient (Wildman–Crippen LogP) is 5.48. The maximum Gasteiger partial charge on any atom is 0.420 e. The van der Waals surface area contributed by atoms with E-state index in [0.29, 0.717) is 28.9 Å². The van der Waals surface area contributed by atoms with E-state index in [9.17, 15) is 9.18 Å². The maximum absolute atomic E-state index is 13.7. The van der Waals surface area contributed by atoms with Gasteiger partial charge in [-0.05, 0) is 52.0 Å². The monoisotopic (exact) mass is 432 g/mol. The Hall–Kier alpha value is -3.13. The molecule has 3 rings (SSSR count). The average Bonchev–Trinajstić information content (AvgIpc) is 2.64. The lowest BCUT2D eigenvalue weighted by molar-refractivity contribution is 0.0598. The Morgan fingerprint density at radius 1 is 1.23 bits per heavy atom. The number of nitrogen functional groups attached to an aromatic ring is 1. The Kier molecular flexibility index (Phi) is 5.98. The fourth-order valence-corrected chi connectivity index (χ4v) is 2.97. The lowest BCUT2D eigenvalue weighted by Crippen LogP contribution is -2.34. The van der Waals surface area contributed by atoms with Crippen LogP contribution >= 0.6 is 11.6 Å². The Labute approximate surface area is 178 Å². The molecule has 0 aliphatic heterocycles. The topological polar surface area (TPSA) is 90.6 Å². The first kappa shape index (κ1) is 21.6. The van der Waals surface area contributed by atoms with Crippen LogP contribution in [-0.2, 0) is 4.74 Å². The average molecular weight is 433 g/mol. The fraction of sp³-hybridized carbons (Fsp3) is 0.286. The van der Waals surface area contributed by atoms with Gasteiger partial charge in [-0.2, -0.15) is 0 Å². The molecule has 158 valence electrons. The Morgan fingerprint density at radius 3 is 2.60 bits per heavy atom. The van der Waals surface area contributed by atoms with Crippen LogP contribution in [0.3, 0.4) is 0 Å². The zero-order valence-corrected chi connectivity index (χ0v) is 17.8. The lowest BCUT2D eigenvalue weighted by Gasteiger charge is -2.27. The molecule has 0 fully saturated rings. The van der Waals surface area contributed by atoms with E-state index in [-0.39, 0.29) is 16.5 Å². The molecule has 3 aromatic rings. The summed E-state index contributed by atoms with van der Waals surface area (Å²) >= 11 is 5.96. The van der Waals surface area contributed by atoms with Crippen LogP contribution in [-0.4, -0.2) is 28.3 Å². The minimum absolute atomic E-state index is 0.141. The first-order valence-corrected chi connectivity index (χ1v) is 9.63. The summed E-state index contributed by atoms with van der Waals surface area (Å²) in [6.07, 6.45) is 0.601. The van der Waals surface area contributed by atoms with Crippen molar-refractivity contribution in [3.63, 3.8) is 0 Å². The Bertz CT molecular complexity index is 1100. The van der Waals surface area contributed by atoms with Crippen LogP contribution in [0.2, 0.25) is 5.02 Å². The van der Waals surface area contributed by atoms with Gasteiger partial charge in [0.25, 0.3) is 0 Å². The summed E-state index contributed by atoms with van der Waals surface area (Å²) in [6, 6.07) is 7.20. The number of ether oxygens (including phenoxy) is 2. The third-order valence-corrected chi connectivity index (χ3v) is 4.28. The van der Waals surface area contributed by atoms with Crippen molar-refractivity contribution in [3.05, 3.63) is 47.5 Å². The molecule has 2 aromatic carbocycles. The van der Waals surface area contributed by atoms with Gasteiger partial charge in [0.15, 0.2) is 5.82 Å². The van der Waals surface area contributed by atoms with Crippen molar-refractivity contribution in [2.24, 2.45) is 0 Å². The second-order valence-electron chi connectivity index (χ2n) is 7.45. The van der Waals surface area contributed by atoms with Crippen molar-refractivity contribution in [2.45, 2.75) is 33.3 Å². The third-order valence-electron chi connectivity index (χ3n) is 3.99. The van der Waals surface area contributed by atoms with E-state index >= 15 is 0 Å². The number of amides is 1. The molecule has 0 saturated heterocycles. The molecule has 0 aliphatic carbocycles. The molecule has 9 heteroatoms. The predicted molar refractivity (Wildman–Crippen MR) is 115 cm³/mol. The molecule has 1 amide bonds. The quantitative estimate of drug-likeness (QED) is 0.549. The first-order chi connectivity index (χ1) is 14.1. The van der Waals surface area contributed by atoms with Crippen LogP contribution < -0.4 is 15.4 Å². The van der Waals surface area contributed by atoms with E-state index in [1.165, 1.54) is 29.4 Å². The van der Waals surface area contributed by atoms with Gasteiger partial charge in [0.2, 0.25) is 0 Å². The highest BCUT2D eigenvalue weighted by molar-refractivity contribution is 6.31. The highest BCUT2D eigenvalue weighted by Crippen LogP contribution is 2.36. The summed E-state index contributed by atoms with van der Waals surface area (Å²) in [5, 5.41) is 0.349. The van der Waals surface area contributed by atoms with E-state index < -0.39 is 17.5 Å². The highest BCUT2D eigenvalue weighted by atomic mass is 35.5. The summed E-state index contributed by atoms with van der Waals surface area (Å²) < 4.78 is 24.8. The minimum atomic E-state index is -0.775. The largest absolute Gasteiger partial charge is 0.492 e.